The van der Waals surface area contributed by atoms with Gasteiger partial charge in [-0.25, -0.2) is 4.39 Å². The maximum atomic E-state index is 13.0. The molecule has 4 heteroatoms. The third-order valence-electron chi connectivity index (χ3n) is 2.61. The summed E-state index contributed by atoms with van der Waals surface area (Å²) in [7, 11) is 0. The Bertz CT molecular complexity index is 621. The second-order valence-electron chi connectivity index (χ2n) is 4.22. The summed E-state index contributed by atoms with van der Waals surface area (Å²) < 4.78 is 18.5. The van der Waals surface area contributed by atoms with Crippen LogP contribution >= 0.6 is 0 Å². The third kappa shape index (κ3) is 4.24. The summed E-state index contributed by atoms with van der Waals surface area (Å²) in [5, 5.41) is 0. The van der Waals surface area contributed by atoms with Gasteiger partial charge in [0.05, 0.1) is 0 Å². The quantitative estimate of drug-likeness (QED) is 0.850. The lowest BCUT2D eigenvalue weighted by atomic mass is 10.2. The highest BCUT2D eigenvalue weighted by Gasteiger charge is 1.98. The molecule has 0 aromatic heterocycles. The Kier molecular flexibility index (Phi) is 4.50. The molecule has 0 fully saturated rings. The topological polar surface area (TPSA) is 52.3 Å². The van der Waals surface area contributed by atoms with Gasteiger partial charge in [-0.1, -0.05) is 24.3 Å². The van der Waals surface area contributed by atoms with Crippen LogP contribution in [0.15, 0.2) is 54.6 Å². The summed E-state index contributed by atoms with van der Waals surface area (Å²) in [6, 6.07) is 13.4. The van der Waals surface area contributed by atoms with Crippen molar-refractivity contribution < 1.29 is 13.9 Å². The molecule has 2 rings (SSSR count). The number of ether oxygens (including phenoxy) is 1. The number of carbonyl (C=O) groups is 1. The third-order valence-corrected chi connectivity index (χ3v) is 2.61. The van der Waals surface area contributed by atoms with E-state index in [-0.39, 0.29) is 5.82 Å². The minimum absolute atomic E-state index is 0.280. The minimum atomic E-state index is -0.489. The van der Waals surface area contributed by atoms with E-state index in [1.807, 2.05) is 0 Å². The summed E-state index contributed by atoms with van der Waals surface area (Å²) in [5.74, 6) is -0.0973. The predicted molar refractivity (Wildman–Crippen MR) is 75.4 cm³/mol. The summed E-state index contributed by atoms with van der Waals surface area (Å²) in [5.41, 5.74) is 6.63. The minimum Gasteiger partial charge on any atom is -0.489 e. The largest absolute Gasteiger partial charge is 0.489 e. The maximum Gasteiger partial charge on any atom is 0.241 e. The van der Waals surface area contributed by atoms with E-state index in [4.69, 9.17) is 10.5 Å². The molecule has 20 heavy (non-hydrogen) atoms. The molecule has 0 aliphatic heterocycles. The monoisotopic (exact) mass is 271 g/mol. The number of nitrogens with two attached hydrogens (primary N) is 1. The van der Waals surface area contributed by atoms with Crippen LogP contribution in [-0.2, 0) is 11.4 Å². The number of carbonyl (C=O) groups excluding carboxylic acids is 1. The molecular weight excluding hydrogens is 257 g/mol. The van der Waals surface area contributed by atoms with Gasteiger partial charge in [-0.05, 0) is 41.5 Å². The van der Waals surface area contributed by atoms with Crippen molar-refractivity contribution in [3.05, 3.63) is 71.6 Å². The molecule has 0 atom stereocenters. The molecule has 0 aliphatic carbocycles. The fraction of sp³-hybridized carbons (Fsp3) is 0.0625. The van der Waals surface area contributed by atoms with Crippen LogP contribution in [-0.4, -0.2) is 5.91 Å². The number of benzene rings is 2. The van der Waals surface area contributed by atoms with E-state index in [1.165, 1.54) is 18.2 Å². The normalized spacial score (nSPS) is 10.7. The van der Waals surface area contributed by atoms with Crippen molar-refractivity contribution in [2.75, 3.05) is 0 Å². The molecule has 0 bridgehead atoms. The van der Waals surface area contributed by atoms with Crippen LogP contribution in [0.4, 0.5) is 4.39 Å². The molecule has 3 nitrogen and oxygen atoms in total. The van der Waals surface area contributed by atoms with Gasteiger partial charge in [0.2, 0.25) is 5.91 Å². The average Bonchev–Trinajstić information content (AvgIpc) is 2.44. The summed E-state index contributed by atoms with van der Waals surface area (Å²) >= 11 is 0. The van der Waals surface area contributed by atoms with E-state index in [9.17, 15) is 9.18 Å². The van der Waals surface area contributed by atoms with E-state index in [1.54, 1.807) is 42.5 Å². The Labute approximate surface area is 116 Å². The molecule has 0 unspecified atom stereocenters. The van der Waals surface area contributed by atoms with Crippen molar-refractivity contribution in [1.29, 1.82) is 0 Å². The second kappa shape index (κ2) is 6.52. The van der Waals surface area contributed by atoms with E-state index in [0.29, 0.717) is 12.4 Å². The lowest BCUT2D eigenvalue weighted by molar-refractivity contribution is -0.113. The van der Waals surface area contributed by atoms with Crippen molar-refractivity contribution >= 4 is 12.0 Å². The van der Waals surface area contributed by atoms with Crippen LogP contribution in [0.2, 0.25) is 0 Å². The fourth-order valence-electron chi connectivity index (χ4n) is 1.65. The van der Waals surface area contributed by atoms with Gasteiger partial charge < -0.3 is 10.5 Å². The van der Waals surface area contributed by atoms with Crippen LogP contribution in [0.3, 0.4) is 0 Å². The molecule has 2 N–H and O–H groups in total. The standard InChI is InChI=1S/C16H14FNO2/c17-14-3-1-2-13(10-14)11-20-15-7-4-12(5-8-15)6-9-16(18)19/h1-10H,11H2,(H2,18,19)/b9-6-. The highest BCUT2D eigenvalue weighted by Crippen LogP contribution is 2.15. The molecule has 2 aromatic rings. The number of amides is 1. The maximum absolute atomic E-state index is 13.0. The van der Waals surface area contributed by atoms with Crippen molar-refractivity contribution in [1.82, 2.24) is 0 Å². The van der Waals surface area contributed by atoms with Crippen molar-refractivity contribution in [2.45, 2.75) is 6.61 Å². The molecule has 0 saturated heterocycles. The zero-order valence-electron chi connectivity index (χ0n) is 10.8. The van der Waals surface area contributed by atoms with Gasteiger partial charge in [-0.15, -0.1) is 0 Å². The first kappa shape index (κ1) is 13.8. The summed E-state index contributed by atoms with van der Waals surface area (Å²) in [6.07, 6.45) is 2.92. The van der Waals surface area contributed by atoms with Gasteiger partial charge in [0.25, 0.3) is 0 Å². The van der Waals surface area contributed by atoms with Gasteiger partial charge in [-0.3, -0.25) is 4.79 Å². The zero-order valence-corrected chi connectivity index (χ0v) is 10.8. The number of hydrogen-bond acceptors (Lipinski definition) is 2. The number of rotatable bonds is 5. The highest BCUT2D eigenvalue weighted by atomic mass is 19.1. The molecule has 1 amide bonds. The summed E-state index contributed by atoms with van der Waals surface area (Å²) in [4.78, 5) is 10.6. The fourth-order valence-corrected chi connectivity index (χ4v) is 1.65. The number of primary amides is 1. The molecule has 102 valence electrons. The lowest BCUT2D eigenvalue weighted by Crippen LogP contribution is -2.05. The van der Waals surface area contributed by atoms with Crippen LogP contribution in [0.5, 0.6) is 5.75 Å². The van der Waals surface area contributed by atoms with Gasteiger partial charge in [0, 0.05) is 6.08 Å². The van der Waals surface area contributed by atoms with Gasteiger partial charge in [0.15, 0.2) is 0 Å². The van der Waals surface area contributed by atoms with E-state index < -0.39 is 5.91 Å². The van der Waals surface area contributed by atoms with Crippen LogP contribution in [0, 0.1) is 5.82 Å². The predicted octanol–water partition coefficient (Wildman–Crippen LogP) is 2.90. The van der Waals surface area contributed by atoms with Gasteiger partial charge >= 0.3 is 0 Å². The van der Waals surface area contributed by atoms with E-state index >= 15 is 0 Å². The Morgan fingerprint density at radius 1 is 1.20 bits per heavy atom. The number of halogens is 1. The van der Waals surface area contributed by atoms with Crippen molar-refractivity contribution in [3.8, 4) is 5.75 Å². The summed E-state index contributed by atoms with van der Waals surface area (Å²) in [6.45, 7) is 0.300. The average molecular weight is 271 g/mol. The first-order valence-electron chi connectivity index (χ1n) is 6.08. The smallest absolute Gasteiger partial charge is 0.241 e. The first-order chi connectivity index (χ1) is 9.63. The molecule has 0 spiro atoms. The van der Waals surface area contributed by atoms with Gasteiger partial charge in [-0.2, -0.15) is 0 Å². The van der Waals surface area contributed by atoms with Gasteiger partial charge in [0.1, 0.15) is 18.2 Å². The Morgan fingerprint density at radius 3 is 2.60 bits per heavy atom. The molecule has 0 aliphatic rings. The molecule has 0 heterocycles. The van der Waals surface area contributed by atoms with Crippen molar-refractivity contribution in [3.63, 3.8) is 0 Å². The zero-order chi connectivity index (χ0) is 14.4. The second-order valence-corrected chi connectivity index (χ2v) is 4.22. The molecule has 0 saturated carbocycles. The molecule has 2 aromatic carbocycles. The first-order valence-corrected chi connectivity index (χ1v) is 6.08. The Hall–Kier alpha value is -2.62. The Balaban J connectivity index is 1.95. The molecule has 0 radical (unpaired) electrons. The van der Waals surface area contributed by atoms with Crippen LogP contribution < -0.4 is 10.5 Å². The van der Waals surface area contributed by atoms with Crippen LogP contribution in [0.1, 0.15) is 11.1 Å². The Morgan fingerprint density at radius 2 is 1.95 bits per heavy atom. The SMILES string of the molecule is NC(=O)/C=C\c1ccc(OCc2cccc(F)c2)cc1. The van der Waals surface area contributed by atoms with Crippen molar-refractivity contribution in [2.24, 2.45) is 5.73 Å². The number of hydrogen-bond donors (Lipinski definition) is 1. The lowest BCUT2D eigenvalue weighted by Gasteiger charge is -2.06. The van der Waals surface area contributed by atoms with Crippen LogP contribution in [0.25, 0.3) is 6.08 Å². The van der Waals surface area contributed by atoms with E-state index in [0.717, 1.165) is 11.1 Å². The molecular formula is C16H14FNO2. The van der Waals surface area contributed by atoms with E-state index in [2.05, 4.69) is 0 Å². The highest BCUT2D eigenvalue weighted by molar-refractivity contribution is 5.90.